The van der Waals surface area contributed by atoms with Gasteiger partial charge in [-0.1, -0.05) is 6.58 Å². The Kier molecular flexibility index (Phi) is 1.85. The molecule has 0 aromatic carbocycles. The first kappa shape index (κ1) is 10.5. The van der Waals surface area contributed by atoms with Gasteiger partial charge in [0.1, 0.15) is 6.10 Å². The van der Waals surface area contributed by atoms with E-state index in [0.29, 0.717) is 12.0 Å². The Morgan fingerprint density at radius 2 is 2.41 bits per heavy atom. The summed E-state index contributed by atoms with van der Waals surface area (Å²) in [5.74, 6) is -1.25. The van der Waals surface area contributed by atoms with E-state index in [9.17, 15) is 14.7 Å². The second kappa shape index (κ2) is 2.98. The third kappa shape index (κ3) is 1.17. The second-order valence-electron chi connectivity index (χ2n) is 4.85. The van der Waals surface area contributed by atoms with E-state index in [0.717, 1.165) is 0 Å². The maximum Gasteiger partial charge on any atom is 0.335 e. The number of rotatable bonds is 2. The van der Waals surface area contributed by atoms with Gasteiger partial charge in [0.15, 0.2) is 11.7 Å². The Morgan fingerprint density at radius 1 is 1.71 bits per heavy atom. The van der Waals surface area contributed by atoms with Gasteiger partial charge in [0, 0.05) is 23.5 Å². The number of hydrogen-bond acceptors (Lipinski definition) is 5. The fraction of sp³-hybridized carbons (Fsp3) is 0.500. The zero-order chi connectivity index (χ0) is 12.4. The molecule has 4 atom stereocenters. The van der Waals surface area contributed by atoms with Gasteiger partial charge >= 0.3 is 11.9 Å². The number of aliphatic hydroxyl groups is 1. The van der Waals surface area contributed by atoms with E-state index >= 15 is 0 Å². The molecule has 3 bridgehead atoms. The van der Waals surface area contributed by atoms with Crippen LogP contribution in [0.25, 0.3) is 0 Å². The maximum absolute atomic E-state index is 11.5. The first-order chi connectivity index (χ1) is 7.94. The highest BCUT2D eigenvalue weighted by Gasteiger charge is 2.67. The van der Waals surface area contributed by atoms with Crippen molar-refractivity contribution in [3.63, 3.8) is 0 Å². The summed E-state index contributed by atoms with van der Waals surface area (Å²) in [7, 11) is 0. The fourth-order valence-corrected chi connectivity index (χ4v) is 2.84. The molecule has 0 aromatic rings. The largest absolute Gasteiger partial charge is 0.452 e. The van der Waals surface area contributed by atoms with Crippen molar-refractivity contribution >= 4 is 11.9 Å². The molecule has 0 aromatic heterocycles. The van der Waals surface area contributed by atoms with Crippen molar-refractivity contribution in [1.82, 2.24) is 0 Å². The minimum absolute atomic E-state index is 0.255. The number of carbonyl (C=O) groups is 2. The van der Waals surface area contributed by atoms with Gasteiger partial charge in [-0.15, -0.1) is 0 Å². The van der Waals surface area contributed by atoms with Crippen LogP contribution >= 0.6 is 0 Å². The van der Waals surface area contributed by atoms with Gasteiger partial charge in [-0.25, -0.2) is 9.59 Å². The highest BCUT2D eigenvalue weighted by Crippen LogP contribution is 2.55. The zero-order valence-electron chi connectivity index (χ0n) is 9.30. The normalized spacial score (nSPS) is 41.2. The van der Waals surface area contributed by atoms with Gasteiger partial charge < -0.3 is 14.6 Å². The molecule has 1 heterocycles. The van der Waals surface area contributed by atoms with E-state index in [2.05, 4.69) is 6.58 Å². The van der Waals surface area contributed by atoms with E-state index in [4.69, 9.17) is 9.47 Å². The average Bonchev–Trinajstić information content (AvgIpc) is 2.83. The molecule has 17 heavy (non-hydrogen) atoms. The van der Waals surface area contributed by atoms with Crippen LogP contribution in [-0.4, -0.2) is 34.9 Å². The fourth-order valence-electron chi connectivity index (χ4n) is 2.84. The molecule has 2 aliphatic carbocycles. The van der Waals surface area contributed by atoms with Gasteiger partial charge in [-0.3, -0.25) is 0 Å². The smallest absolute Gasteiger partial charge is 0.335 e. The third-order valence-electron chi connectivity index (χ3n) is 3.64. The first-order valence-electron chi connectivity index (χ1n) is 5.45. The van der Waals surface area contributed by atoms with Crippen molar-refractivity contribution in [3.8, 4) is 0 Å². The predicted molar refractivity (Wildman–Crippen MR) is 55.7 cm³/mol. The Morgan fingerprint density at radius 3 is 3.06 bits per heavy atom. The van der Waals surface area contributed by atoms with Crippen LogP contribution in [0.1, 0.15) is 13.3 Å². The summed E-state index contributed by atoms with van der Waals surface area (Å²) >= 11 is 0. The number of aliphatic hydroxyl groups excluding tert-OH is 1. The van der Waals surface area contributed by atoms with Crippen LogP contribution < -0.4 is 0 Å². The predicted octanol–water partition coefficient (Wildman–Crippen LogP) is 0.0907. The molecule has 1 fully saturated rings. The van der Waals surface area contributed by atoms with E-state index in [1.54, 1.807) is 6.08 Å². The Bertz CT molecular complexity index is 477. The van der Waals surface area contributed by atoms with Gasteiger partial charge in [-0.2, -0.15) is 0 Å². The Balaban J connectivity index is 1.89. The van der Waals surface area contributed by atoms with Gasteiger partial charge in [-0.05, 0) is 13.0 Å². The van der Waals surface area contributed by atoms with E-state index in [-0.39, 0.29) is 11.5 Å². The van der Waals surface area contributed by atoms with Gasteiger partial charge in [0.2, 0.25) is 0 Å². The monoisotopic (exact) mass is 236 g/mol. The lowest BCUT2D eigenvalue weighted by atomic mass is 9.94. The second-order valence-corrected chi connectivity index (χ2v) is 4.85. The lowest BCUT2D eigenvalue weighted by Crippen LogP contribution is -2.45. The van der Waals surface area contributed by atoms with Gasteiger partial charge in [0.05, 0.1) is 0 Å². The van der Waals surface area contributed by atoms with Crippen LogP contribution in [0, 0.1) is 5.92 Å². The summed E-state index contributed by atoms with van der Waals surface area (Å²) in [6.07, 6.45) is 0.503. The Labute approximate surface area is 97.7 Å². The molecule has 3 aliphatic rings. The molecule has 1 saturated carbocycles. The Hall–Kier alpha value is -1.62. The van der Waals surface area contributed by atoms with Crippen molar-refractivity contribution in [2.24, 2.45) is 5.92 Å². The lowest BCUT2D eigenvalue weighted by molar-refractivity contribution is -0.171. The molecule has 0 radical (unpaired) electrons. The van der Waals surface area contributed by atoms with E-state index in [1.165, 1.54) is 6.92 Å². The maximum atomic E-state index is 11.5. The molecule has 3 rings (SSSR count). The van der Waals surface area contributed by atoms with E-state index in [1.807, 2.05) is 0 Å². The number of esters is 2. The highest BCUT2D eigenvalue weighted by molar-refractivity contribution is 5.95. The summed E-state index contributed by atoms with van der Waals surface area (Å²) < 4.78 is 10.4. The topological polar surface area (TPSA) is 72.8 Å². The van der Waals surface area contributed by atoms with Crippen molar-refractivity contribution in [1.29, 1.82) is 0 Å². The molecule has 4 unspecified atom stereocenters. The van der Waals surface area contributed by atoms with Crippen LogP contribution in [0.15, 0.2) is 23.8 Å². The molecule has 1 aliphatic heterocycles. The summed E-state index contributed by atoms with van der Waals surface area (Å²) in [5, 5.41) is 10.0. The molecular weight excluding hydrogens is 224 g/mol. The molecule has 0 amide bonds. The zero-order valence-corrected chi connectivity index (χ0v) is 9.30. The molecule has 0 saturated heterocycles. The minimum atomic E-state index is -0.943. The molecule has 1 spiro atoms. The summed E-state index contributed by atoms with van der Waals surface area (Å²) in [6, 6.07) is 0. The summed E-state index contributed by atoms with van der Waals surface area (Å²) in [5.41, 5.74) is -0.174. The van der Waals surface area contributed by atoms with Crippen LogP contribution in [-0.2, 0) is 19.1 Å². The number of hydrogen-bond donors (Lipinski definition) is 1. The highest BCUT2D eigenvalue weighted by atomic mass is 16.6. The van der Waals surface area contributed by atoms with Crippen LogP contribution in [0.4, 0.5) is 0 Å². The average molecular weight is 236 g/mol. The molecular formula is C12H12O5. The standard InChI is InChI=1S/C12H12O5/c1-5(2)10(14)16-9-8(13)6-3-12(9)4-7(6)11(15)17-12/h4,6,8-9,13H,1,3H2,2H3. The first-order valence-corrected chi connectivity index (χ1v) is 5.45. The van der Waals surface area contributed by atoms with Crippen molar-refractivity contribution in [2.45, 2.75) is 31.2 Å². The lowest BCUT2D eigenvalue weighted by Gasteiger charge is -2.29. The molecule has 1 N–H and O–H groups in total. The van der Waals surface area contributed by atoms with Crippen molar-refractivity contribution in [3.05, 3.63) is 23.8 Å². The number of carbonyl (C=O) groups excluding carboxylic acids is 2. The number of fused-ring (bicyclic) bond motifs is 2. The van der Waals surface area contributed by atoms with E-state index < -0.39 is 29.7 Å². The van der Waals surface area contributed by atoms with Crippen LogP contribution in [0.2, 0.25) is 0 Å². The minimum Gasteiger partial charge on any atom is -0.452 e. The van der Waals surface area contributed by atoms with Gasteiger partial charge in [0.25, 0.3) is 0 Å². The summed E-state index contributed by atoms with van der Waals surface area (Å²) in [6.45, 7) is 5.01. The molecule has 5 nitrogen and oxygen atoms in total. The van der Waals surface area contributed by atoms with Crippen LogP contribution in [0.3, 0.4) is 0 Å². The number of ether oxygens (including phenoxy) is 2. The molecule has 90 valence electrons. The van der Waals surface area contributed by atoms with Crippen molar-refractivity contribution < 1.29 is 24.2 Å². The van der Waals surface area contributed by atoms with Crippen molar-refractivity contribution in [2.75, 3.05) is 0 Å². The molecule has 5 heteroatoms. The summed E-state index contributed by atoms with van der Waals surface area (Å²) in [4.78, 5) is 22.9. The SMILES string of the molecule is C=C(C)C(=O)OC1C(O)C2CC13C=C2C(=O)O3. The quantitative estimate of drug-likeness (QED) is 0.543. The third-order valence-corrected chi connectivity index (χ3v) is 3.64. The van der Waals surface area contributed by atoms with Crippen LogP contribution in [0.5, 0.6) is 0 Å².